The summed E-state index contributed by atoms with van der Waals surface area (Å²) in [4.78, 5) is 28.7. The lowest BCUT2D eigenvalue weighted by molar-refractivity contribution is -0.143. The van der Waals surface area contributed by atoms with E-state index in [1.165, 1.54) is 0 Å². The number of hydrogen-bond donors (Lipinski definition) is 1. The first-order valence-corrected chi connectivity index (χ1v) is 12.7. The van der Waals surface area contributed by atoms with E-state index in [9.17, 15) is 9.59 Å². The third-order valence-corrected chi connectivity index (χ3v) is 6.45. The van der Waals surface area contributed by atoms with Crippen molar-refractivity contribution < 1.29 is 14.3 Å². The van der Waals surface area contributed by atoms with Gasteiger partial charge >= 0.3 is 0 Å². The van der Waals surface area contributed by atoms with Crippen LogP contribution in [0.15, 0.2) is 83.3 Å². The molecule has 3 rings (SSSR count). The van der Waals surface area contributed by atoms with Crippen molar-refractivity contribution in [3.05, 3.63) is 100 Å². The van der Waals surface area contributed by atoms with E-state index < -0.39 is 6.04 Å². The normalized spacial score (nSPS) is 12.5. The molecule has 0 bridgehead atoms. The largest absolute Gasteiger partial charge is 0.484 e. The maximum Gasteiger partial charge on any atom is 0.261 e. The maximum atomic E-state index is 13.6. The van der Waals surface area contributed by atoms with Crippen molar-refractivity contribution in [2.75, 3.05) is 6.61 Å². The minimum Gasteiger partial charge on any atom is -0.484 e. The molecule has 0 aliphatic rings. The zero-order valence-electron chi connectivity index (χ0n) is 20.5. The van der Waals surface area contributed by atoms with Crippen LogP contribution in [0.2, 0.25) is 0 Å². The number of halogens is 1. The first kappa shape index (κ1) is 26.5. The highest BCUT2D eigenvalue weighted by Crippen LogP contribution is 2.19. The predicted octanol–water partition coefficient (Wildman–Crippen LogP) is 5.69. The Morgan fingerprint density at radius 3 is 2.23 bits per heavy atom. The lowest BCUT2D eigenvalue weighted by Crippen LogP contribution is -2.53. The lowest BCUT2D eigenvalue weighted by Gasteiger charge is -2.32. The van der Waals surface area contributed by atoms with Crippen molar-refractivity contribution in [2.45, 2.75) is 52.2 Å². The van der Waals surface area contributed by atoms with Gasteiger partial charge in [0.2, 0.25) is 5.91 Å². The Hall–Kier alpha value is -3.12. The second-order valence-electron chi connectivity index (χ2n) is 8.77. The molecular formula is C29H33BrN2O3. The summed E-state index contributed by atoms with van der Waals surface area (Å²) in [5.41, 5.74) is 3.09. The molecule has 0 spiro atoms. The number of aryl methyl sites for hydroxylation is 1. The number of nitrogens with zero attached hydrogens (tertiary/aromatic N) is 1. The first-order chi connectivity index (χ1) is 16.9. The fourth-order valence-corrected chi connectivity index (χ4v) is 3.91. The first-order valence-electron chi connectivity index (χ1n) is 11.9. The number of amides is 2. The van der Waals surface area contributed by atoms with Crippen LogP contribution < -0.4 is 10.1 Å². The third-order valence-electron chi connectivity index (χ3n) is 5.92. The Bertz CT molecular complexity index is 1090. The quantitative estimate of drug-likeness (QED) is 0.342. The van der Waals surface area contributed by atoms with Gasteiger partial charge in [0.1, 0.15) is 11.8 Å². The van der Waals surface area contributed by atoms with Crippen LogP contribution in [0.5, 0.6) is 5.75 Å². The summed E-state index contributed by atoms with van der Waals surface area (Å²) in [5, 5.41) is 3.08. The molecular weight excluding hydrogens is 504 g/mol. The van der Waals surface area contributed by atoms with Gasteiger partial charge in [-0.15, -0.1) is 0 Å². The van der Waals surface area contributed by atoms with Gasteiger partial charge in [-0.2, -0.15) is 0 Å². The SMILES string of the molecule is CC[C@H](C)NC(=O)[C@@H](Cc1ccccc1)N(Cc1ccc(C)cc1)C(=O)COc1ccc(Br)cc1. The summed E-state index contributed by atoms with van der Waals surface area (Å²) >= 11 is 3.41. The molecule has 3 aromatic rings. The number of benzene rings is 3. The number of carbonyl (C=O) groups is 2. The Morgan fingerprint density at radius 2 is 1.60 bits per heavy atom. The number of rotatable bonds is 11. The van der Waals surface area contributed by atoms with E-state index in [0.717, 1.165) is 27.6 Å². The highest BCUT2D eigenvalue weighted by Gasteiger charge is 2.31. The minimum atomic E-state index is -0.672. The molecule has 0 fully saturated rings. The molecule has 35 heavy (non-hydrogen) atoms. The van der Waals surface area contributed by atoms with Crippen molar-refractivity contribution >= 4 is 27.7 Å². The molecule has 0 saturated heterocycles. The van der Waals surface area contributed by atoms with Crippen LogP contribution in [0.3, 0.4) is 0 Å². The fraction of sp³-hybridized carbons (Fsp3) is 0.310. The van der Waals surface area contributed by atoms with E-state index in [1.54, 1.807) is 17.0 Å². The molecule has 0 aliphatic carbocycles. The van der Waals surface area contributed by atoms with E-state index in [1.807, 2.05) is 87.5 Å². The van der Waals surface area contributed by atoms with E-state index >= 15 is 0 Å². The molecule has 5 nitrogen and oxygen atoms in total. The van der Waals surface area contributed by atoms with Gasteiger partial charge in [-0.3, -0.25) is 9.59 Å². The summed E-state index contributed by atoms with van der Waals surface area (Å²) in [6.07, 6.45) is 1.22. The number of ether oxygens (including phenoxy) is 1. The number of carbonyl (C=O) groups excluding carboxylic acids is 2. The number of nitrogens with one attached hydrogen (secondary N) is 1. The molecule has 2 amide bonds. The van der Waals surface area contributed by atoms with Crippen LogP contribution in [-0.4, -0.2) is 35.4 Å². The van der Waals surface area contributed by atoms with Gasteiger partial charge in [0.15, 0.2) is 6.61 Å². The third kappa shape index (κ3) is 8.25. The van der Waals surface area contributed by atoms with Crippen LogP contribution in [0.25, 0.3) is 0 Å². The zero-order chi connectivity index (χ0) is 25.2. The van der Waals surface area contributed by atoms with Gasteiger partial charge in [0.25, 0.3) is 5.91 Å². The van der Waals surface area contributed by atoms with Crippen LogP contribution in [0.1, 0.15) is 37.0 Å². The van der Waals surface area contributed by atoms with Crippen LogP contribution in [0.4, 0.5) is 0 Å². The minimum absolute atomic E-state index is 0.0103. The molecule has 0 unspecified atom stereocenters. The van der Waals surface area contributed by atoms with Crippen LogP contribution in [-0.2, 0) is 22.6 Å². The molecule has 3 aromatic carbocycles. The van der Waals surface area contributed by atoms with Gasteiger partial charge in [-0.05, 0) is 55.7 Å². The molecule has 0 heterocycles. The summed E-state index contributed by atoms with van der Waals surface area (Å²) in [6, 6.07) is 24.5. The maximum absolute atomic E-state index is 13.6. The molecule has 184 valence electrons. The molecule has 1 N–H and O–H groups in total. The predicted molar refractivity (Wildman–Crippen MR) is 143 cm³/mol. The lowest BCUT2D eigenvalue weighted by atomic mass is 10.0. The fourth-order valence-electron chi connectivity index (χ4n) is 3.64. The standard InChI is InChI=1S/C29H33BrN2O3/c1-4-22(3)31-29(34)27(18-23-8-6-5-7-9-23)32(19-24-12-10-21(2)11-13-24)28(33)20-35-26-16-14-25(30)15-17-26/h5-17,22,27H,4,18-20H2,1-3H3,(H,31,34)/t22-,27+/m0/s1. The summed E-state index contributed by atoms with van der Waals surface area (Å²) in [6.45, 7) is 6.18. The molecule has 0 saturated carbocycles. The zero-order valence-corrected chi connectivity index (χ0v) is 22.1. The van der Waals surface area contributed by atoms with Gasteiger partial charge in [-0.1, -0.05) is 83.0 Å². The van der Waals surface area contributed by atoms with Gasteiger partial charge in [0, 0.05) is 23.5 Å². The number of hydrogen-bond acceptors (Lipinski definition) is 3. The topological polar surface area (TPSA) is 58.6 Å². The van der Waals surface area contributed by atoms with Crippen molar-refractivity contribution in [3.63, 3.8) is 0 Å². The summed E-state index contributed by atoms with van der Waals surface area (Å²) in [7, 11) is 0. The van der Waals surface area contributed by atoms with Crippen LogP contribution >= 0.6 is 15.9 Å². The summed E-state index contributed by atoms with van der Waals surface area (Å²) < 4.78 is 6.73. The average molecular weight is 537 g/mol. The highest BCUT2D eigenvalue weighted by molar-refractivity contribution is 9.10. The van der Waals surface area contributed by atoms with E-state index in [2.05, 4.69) is 21.2 Å². The van der Waals surface area contributed by atoms with Gasteiger partial charge in [0.05, 0.1) is 0 Å². The smallest absolute Gasteiger partial charge is 0.261 e. The molecule has 0 aromatic heterocycles. The molecule has 0 aliphatic heterocycles. The van der Waals surface area contributed by atoms with Gasteiger partial charge in [-0.25, -0.2) is 0 Å². The Kier molecular flexibility index (Phi) is 9.91. The van der Waals surface area contributed by atoms with E-state index in [4.69, 9.17) is 4.74 Å². The second-order valence-corrected chi connectivity index (χ2v) is 9.69. The molecule has 6 heteroatoms. The molecule has 0 radical (unpaired) electrons. The van der Waals surface area contributed by atoms with Crippen LogP contribution in [0, 0.1) is 6.92 Å². The van der Waals surface area contributed by atoms with Crippen molar-refractivity contribution in [2.24, 2.45) is 0 Å². The Labute approximate surface area is 216 Å². The summed E-state index contributed by atoms with van der Waals surface area (Å²) in [5.74, 6) is 0.196. The van der Waals surface area contributed by atoms with Crippen molar-refractivity contribution in [3.8, 4) is 5.75 Å². The van der Waals surface area contributed by atoms with E-state index in [0.29, 0.717) is 18.7 Å². The van der Waals surface area contributed by atoms with E-state index in [-0.39, 0.29) is 24.5 Å². The average Bonchev–Trinajstić information content (AvgIpc) is 2.87. The second kappa shape index (κ2) is 13.1. The van der Waals surface area contributed by atoms with Crippen molar-refractivity contribution in [1.82, 2.24) is 10.2 Å². The Morgan fingerprint density at radius 1 is 0.943 bits per heavy atom. The van der Waals surface area contributed by atoms with Gasteiger partial charge < -0.3 is 15.0 Å². The monoisotopic (exact) mass is 536 g/mol. The molecule has 2 atom stereocenters. The Balaban J connectivity index is 1.89. The van der Waals surface area contributed by atoms with Crippen molar-refractivity contribution in [1.29, 1.82) is 0 Å². The highest BCUT2D eigenvalue weighted by atomic mass is 79.9.